The van der Waals surface area contributed by atoms with Crippen molar-refractivity contribution in [3.05, 3.63) is 96.1 Å². The lowest BCUT2D eigenvalue weighted by atomic mass is 9.61. The van der Waals surface area contributed by atoms with Crippen molar-refractivity contribution in [1.29, 1.82) is 0 Å². The Bertz CT molecular complexity index is 794. The van der Waals surface area contributed by atoms with Gasteiger partial charge >= 0.3 is 11.9 Å². The number of carboxylic acid groups (broad SMARTS) is 2. The van der Waals surface area contributed by atoms with Crippen LogP contribution in [0, 0.1) is 17.3 Å². The summed E-state index contributed by atoms with van der Waals surface area (Å²) < 4.78 is 0. The highest BCUT2D eigenvalue weighted by Crippen LogP contribution is 2.45. The van der Waals surface area contributed by atoms with E-state index >= 15 is 0 Å². The summed E-state index contributed by atoms with van der Waals surface area (Å²) in [6, 6.07) is 18.8. The number of carbonyl (C=O) groups is 2. The van der Waals surface area contributed by atoms with Gasteiger partial charge in [0, 0.05) is 5.41 Å². The lowest BCUT2D eigenvalue weighted by Crippen LogP contribution is -2.45. The molecular formula is C24H24O4. The summed E-state index contributed by atoms with van der Waals surface area (Å²) in [6.45, 7) is 0. The summed E-state index contributed by atoms with van der Waals surface area (Å²) in [5, 5.41) is 20.2. The van der Waals surface area contributed by atoms with E-state index in [0.29, 0.717) is 6.42 Å². The van der Waals surface area contributed by atoms with E-state index in [1.165, 1.54) is 0 Å². The fraction of sp³-hybridized carbons (Fsp3) is 0.250. The monoisotopic (exact) mass is 376 g/mol. The summed E-state index contributed by atoms with van der Waals surface area (Å²) in [5.74, 6) is -3.74. The zero-order chi connectivity index (χ0) is 20.0. The minimum Gasteiger partial charge on any atom is -0.481 e. The van der Waals surface area contributed by atoms with Gasteiger partial charge in [0.2, 0.25) is 0 Å². The van der Waals surface area contributed by atoms with Crippen molar-refractivity contribution >= 4 is 11.9 Å². The molecule has 1 aliphatic carbocycles. The maximum absolute atomic E-state index is 12.3. The van der Waals surface area contributed by atoms with E-state index in [1.807, 2.05) is 72.8 Å². The zero-order valence-corrected chi connectivity index (χ0v) is 15.6. The normalized spacial score (nSPS) is 17.0. The Hall–Kier alpha value is -3.14. The average molecular weight is 376 g/mol. The quantitative estimate of drug-likeness (QED) is 0.671. The second-order valence-electron chi connectivity index (χ2n) is 7.20. The first-order valence-electron chi connectivity index (χ1n) is 9.42. The van der Waals surface area contributed by atoms with Gasteiger partial charge < -0.3 is 10.2 Å². The van der Waals surface area contributed by atoms with Crippen molar-refractivity contribution in [2.75, 3.05) is 0 Å². The minimum atomic E-state index is -1.10. The Balaban J connectivity index is 2.04. The van der Waals surface area contributed by atoms with Gasteiger partial charge in [0.05, 0.1) is 11.8 Å². The van der Waals surface area contributed by atoms with Crippen LogP contribution >= 0.6 is 0 Å². The molecule has 2 unspecified atom stereocenters. The number of rotatable bonds is 8. The maximum Gasteiger partial charge on any atom is 0.308 e. The van der Waals surface area contributed by atoms with Crippen LogP contribution in [0.15, 0.2) is 85.0 Å². The summed E-state index contributed by atoms with van der Waals surface area (Å²) in [6.07, 6.45) is 8.57. The fourth-order valence-electron chi connectivity index (χ4n) is 4.04. The predicted octanol–water partition coefficient (Wildman–Crippen LogP) is 4.38. The van der Waals surface area contributed by atoms with Crippen LogP contribution in [0.3, 0.4) is 0 Å². The third kappa shape index (κ3) is 4.22. The fourth-order valence-corrected chi connectivity index (χ4v) is 4.04. The van der Waals surface area contributed by atoms with Crippen molar-refractivity contribution in [3.8, 4) is 0 Å². The molecule has 2 N–H and O–H groups in total. The molecular weight excluding hydrogens is 352 g/mol. The second kappa shape index (κ2) is 8.70. The molecule has 3 rings (SSSR count). The molecule has 0 saturated heterocycles. The van der Waals surface area contributed by atoms with Gasteiger partial charge in [-0.3, -0.25) is 9.59 Å². The highest BCUT2D eigenvalue weighted by molar-refractivity contribution is 5.78. The van der Waals surface area contributed by atoms with Crippen molar-refractivity contribution in [3.63, 3.8) is 0 Å². The van der Waals surface area contributed by atoms with Crippen LogP contribution in [0.2, 0.25) is 0 Å². The van der Waals surface area contributed by atoms with Crippen LogP contribution in [0.1, 0.15) is 17.5 Å². The summed E-state index contributed by atoms with van der Waals surface area (Å²) >= 11 is 0. The van der Waals surface area contributed by atoms with Crippen LogP contribution < -0.4 is 0 Å². The van der Waals surface area contributed by atoms with Crippen LogP contribution in [-0.4, -0.2) is 22.2 Å². The van der Waals surface area contributed by atoms with E-state index in [-0.39, 0.29) is 12.8 Å². The van der Waals surface area contributed by atoms with Gasteiger partial charge in [-0.05, 0) is 30.4 Å². The SMILES string of the molecule is O=C(O)C(Cc1ccccc1)C1(C(Cc2ccccc2)C(=O)O)C=CCC=C1. The second-order valence-corrected chi connectivity index (χ2v) is 7.20. The molecule has 4 heteroatoms. The molecule has 2 aromatic carbocycles. The first-order valence-corrected chi connectivity index (χ1v) is 9.42. The van der Waals surface area contributed by atoms with Crippen LogP contribution in [0.4, 0.5) is 0 Å². The van der Waals surface area contributed by atoms with Crippen molar-refractivity contribution < 1.29 is 19.8 Å². The summed E-state index contributed by atoms with van der Waals surface area (Å²) in [7, 11) is 0. The molecule has 0 spiro atoms. The molecule has 0 bridgehead atoms. The number of carboxylic acids is 2. The van der Waals surface area contributed by atoms with Gasteiger partial charge in [0.25, 0.3) is 0 Å². The lowest BCUT2D eigenvalue weighted by molar-refractivity contribution is -0.151. The van der Waals surface area contributed by atoms with Crippen molar-refractivity contribution in [1.82, 2.24) is 0 Å². The molecule has 0 saturated carbocycles. The molecule has 2 atom stereocenters. The van der Waals surface area contributed by atoms with E-state index in [0.717, 1.165) is 11.1 Å². The molecule has 2 aromatic rings. The first kappa shape index (κ1) is 19.6. The van der Waals surface area contributed by atoms with Crippen molar-refractivity contribution in [2.24, 2.45) is 17.3 Å². The number of aliphatic carboxylic acids is 2. The highest BCUT2D eigenvalue weighted by Gasteiger charge is 2.48. The molecule has 0 aromatic heterocycles. The predicted molar refractivity (Wildman–Crippen MR) is 108 cm³/mol. The van der Waals surface area contributed by atoms with Gasteiger partial charge in [-0.1, -0.05) is 85.0 Å². The van der Waals surface area contributed by atoms with Gasteiger partial charge in [-0.25, -0.2) is 0 Å². The van der Waals surface area contributed by atoms with E-state index < -0.39 is 29.2 Å². The topological polar surface area (TPSA) is 74.6 Å². The molecule has 0 aliphatic heterocycles. The van der Waals surface area contributed by atoms with Gasteiger partial charge in [-0.15, -0.1) is 0 Å². The van der Waals surface area contributed by atoms with E-state index in [1.54, 1.807) is 12.2 Å². The van der Waals surface area contributed by atoms with Gasteiger partial charge in [-0.2, -0.15) is 0 Å². The summed E-state index contributed by atoms with van der Waals surface area (Å²) in [5.41, 5.74) is 0.665. The molecule has 4 nitrogen and oxygen atoms in total. The largest absolute Gasteiger partial charge is 0.481 e. The molecule has 0 amide bonds. The van der Waals surface area contributed by atoms with Crippen LogP contribution in [0.5, 0.6) is 0 Å². The number of hydrogen-bond donors (Lipinski definition) is 2. The average Bonchev–Trinajstić information content (AvgIpc) is 2.72. The first-order chi connectivity index (χ1) is 13.5. The Morgan fingerprint density at radius 1 is 0.750 bits per heavy atom. The van der Waals surface area contributed by atoms with Crippen LogP contribution in [-0.2, 0) is 22.4 Å². The smallest absolute Gasteiger partial charge is 0.308 e. The Morgan fingerprint density at radius 3 is 1.50 bits per heavy atom. The zero-order valence-electron chi connectivity index (χ0n) is 15.6. The number of hydrogen-bond acceptors (Lipinski definition) is 2. The third-order valence-electron chi connectivity index (χ3n) is 5.45. The third-order valence-corrected chi connectivity index (χ3v) is 5.45. The lowest BCUT2D eigenvalue weighted by Gasteiger charge is -2.40. The standard InChI is InChI=1S/C24H24O4/c25-22(26)20(16-18-10-4-1-5-11-18)24(14-8-3-9-15-24)21(23(27)28)17-19-12-6-2-7-13-19/h1-2,4-15,20-21H,3,16-17H2,(H,25,26)(H,27,28). The minimum absolute atomic E-state index is 0.267. The van der Waals surface area contributed by atoms with Crippen molar-refractivity contribution in [2.45, 2.75) is 19.3 Å². The molecule has 144 valence electrons. The Morgan fingerprint density at radius 2 is 1.14 bits per heavy atom. The summed E-state index contributed by atoms with van der Waals surface area (Å²) in [4.78, 5) is 24.7. The van der Waals surface area contributed by atoms with Gasteiger partial charge in [0.1, 0.15) is 0 Å². The Kier molecular flexibility index (Phi) is 6.09. The maximum atomic E-state index is 12.3. The van der Waals surface area contributed by atoms with E-state index in [4.69, 9.17) is 0 Å². The molecule has 28 heavy (non-hydrogen) atoms. The van der Waals surface area contributed by atoms with E-state index in [2.05, 4.69) is 0 Å². The number of allylic oxidation sites excluding steroid dienone is 4. The molecule has 0 fully saturated rings. The molecule has 0 radical (unpaired) electrons. The Labute approximate surface area is 164 Å². The molecule has 1 aliphatic rings. The highest BCUT2D eigenvalue weighted by atomic mass is 16.4. The number of benzene rings is 2. The van der Waals surface area contributed by atoms with Crippen LogP contribution in [0.25, 0.3) is 0 Å². The van der Waals surface area contributed by atoms with E-state index in [9.17, 15) is 19.8 Å². The van der Waals surface area contributed by atoms with Gasteiger partial charge in [0.15, 0.2) is 0 Å². The molecule has 0 heterocycles.